The van der Waals surface area contributed by atoms with E-state index in [-0.39, 0.29) is 73.0 Å². The molecule has 0 aliphatic carbocycles. The van der Waals surface area contributed by atoms with E-state index in [1.165, 1.54) is 0 Å². The van der Waals surface area contributed by atoms with Crippen molar-refractivity contribution in [2.24, 2.45) is 11.8 Å². The number of imide groups is 1. The number of hydrogen-bond donors (Lipinski definition) is 3. The lowest BCUT2D eigenvalue weighted by atomic mass is 9.98. The molecule has 388 valence electrons. The van der Waals surface area contributed by atoms with Gasteiger partial charge in [0.05, 0.1) is 35.5 Å². The van der Waals surface area contributed by atoms with Crippen LogP contribution in [0.4, 0.5) is 0 Å². The molecule has 0 spiro atoms. The molecule has 0 aromatic heterocycles. The quantitative estimate of drug-likeness (QED) is 0.0288. The molecular weight excluding hydrogens is 935 g/mol. The van der Waals surface area contributed by atoms with E-state index < -0.39 is 63.4 Å². The number of epoxide rings is 1. The number of carbonyl (C=O) groups is 7. The minimum atomic E-state index is -3.92. The molecule has 71 heavy (non-hydrogen) atoms. The summed E-state index contributed by atoms with van der Waals surface area (Å²) in [7, 11) is -3.92. The summed E-state index contributed by atoms with van der Waals surface area (Å²) in [5.74, 6) is -2.95. The van der Waals surface area contributed by atoms with E-state index in [1.54, 1.807) is 32.0 Å². The Balaban J connectivity index is 0.00000208. The van der Waals surface area contributed by atoms with E-state index in [9.17, 15) is 28.8 Å². The lowest BCUT2D eigenvalue weighted by Crippen LogP contribution is -2.64. The van der Waals surface area contributed by atoms with Crippen LogP contribution in [0.25, 0.3) is 0 Å². The first-order valence-corrected chi connectivity index (χ1v) is 26.0. The number of amides is 5. The van der Waals surface area contributed by atoms with Crippen LogP contribution in [0.3, 0.4) is 0 Å². The molecule has 0 saturated carbocycles. The van der Waals surface area contributed by atoms with Crippen LogP contribution < -0.4 is 20.7 Å². The zero-order valence-corrected chi connectivity index (χ0v) is 42.8. The standard InChI is InChI=1S/C51H67N5O10.CH4O3S/c1-7-46(59)66-44-21-19-39(29-40(44)33-57)31-56(24-26-64-27-25-56)32-45(58)55(50(63)51(6)34-65-51)43(20-18-37-14-10-8-11-15-37)49(62)54-41(28-36(4)5)48(61)53-42(30-38-16-12-9-13-17-38)47(60)52-23-22-35(2)3;1-5(2,3)4/h8-17,19,21,29,33,35-36,41-43H,7,18,20,22-28,30-32,34H2,1-6H3,(H2-,52,53,54,60,61,62);1H3,(H,2,3,4)/t41-,42-,43-,51+;/m0./s1. The smallest absolute Gasteiger partial charge is 0.310 e. The van der Waals surface area contributed by atoms with Crippen molar-refractivity contribution in [3.63, 3.8) is 0 Å². The molecule has 0 radical (unpaired) electrons. The predicted molar refractivity (Wildman–Crippen MR) is 263 cm³/mol. The predicted octanol–water partition coefficient (Wildman–Crippen LogP) is 3.89. The molecule has 2 fully saturated rings. The Hall–Kier alpha value is -5.86. The summed E-state index contributed by atoms with van der Waals surface area (Å²) in [6.07, 6.45) is 2.89. The van der Waals surface area contributed by atoms with Gasteiger partial charge in [0.2, 0.25) is 17.7 Å². The maximum Gasteiger partial charge on any atom is 0.310 e. The minimum absolute atomic E-state index is 0.0397. The molecule has 2 aliphatic rings. The number of nitrogens with one attached hydrogen (secondary N) is 3. The fourth-order valence-electron chi connectivity index (χ4n) is 8.08. The fourth-order valence-corrected chi connectivity index (χ4v) is 8.08. The number of aldehydes is 1. The molecule has 2 saturated heterocycles. The Kier molecular flexibility index (Phi) is 22.0. The van der Waals surface area contributed by atoms with Crippen molar-refractivity contribution in [2.75, 3.05) is 52.3 Å². The number of benzene rings is 3. The summed E-state index contributed by atoms with van der Waals surface area (Å²) >= 11 is 0. The van der Waals surface area contributed by atoms with Crippen molar-refractivity contribution >= 4 is 51.9 Å². The molecule has 18 nitrogen and oxygen atoms in total. The van der Waals surface area contributed by atoms with Crippen molar-refractivity contribution in [3.8, 4) is 5.75 Å². The molecule has 5 amide bonds. The highest BCUT2D eigenvalue weighted by atomic mass is 32.2. The van der Waals surface area contributed by atoms with Gasteiger partial charge in [0, 0.05) is 31.2 Å². The summed E-state index contributed by atoms with van der Waals surface area (Å²) in [6, 6.07) is 20.3. The van der Waals surface area contributed by atoms with Gasteiger partial charge in [0.15, 0.2) is 18.4 Å². The largest absolute Gasteiger partial charge is 0.748 e. The Bertz CT molecular complexity index is 2380. The van der Waals surface area contributed by atoms with Crippen LogP contribution in [0.2, 0.25) is 0 Å². The van der Waals surface area contributed by atoms with E-state index in [0.717, 1.165) is 22.4 Å². The SMILES string of the molecule is CCC(=O)Oc1ccc(C[N+]2(CC(=O)N(C(=O)[C@@]3(C)CO3)[C@@H](CCc3ccccc3)C(=O)N[C@@H](CC(C)C)C(=O)N[C@@H](Cc3ccccc3)C(=O)NCCC(C)C)CCOCC2)cc1C=O.CS(=O)(=O)[O-]. The Morgan fingerprint density at radius 2 is 1.42 bits per heavy atom. The third-order valence-electron chi connectivity index (χ3n) is 12.1. The first kappa shape index (κ1) is 57.7. The first-order chi connectivity index (χ1) is 33.5. The Morgan fingerprint density at radius 3 is 1.97 bits per heavy atom. The summed E-state index contributed by atoms with van der Waals surface area (Å²) in [6.45, 7) is 13.2. The molecule has 3 aromatic rings. The number of esters is 1. The topological polar surface area (TPSA) is 247 Å². The maximum absolute atomic E-state index is 15.1. The van der Waals surface area contributed by atoms with Crippen LogP contribution in [-0.2, 0) is 67.7 Å². The van der Waals surface area contributed by atoms with Crippen LogP contribution in [0.15, 0.2) is 78.9 Å². The van der Waals surface area contributed by atoms with Crippen LogP contribution >= 0.6 is 0 Å². The summed E-state index contributed by atoms with van der Waals surface area (Å²) in [4.78, 5) is 98.0. The highest BCUT2D eigenvalue weighted by Gasteiger charge is 2.54. The number of carbonyl (C=O) groups excluding carboxylic acids is 7. The zero-order chi connectivity index (χ0) is 52.4. The summed E-state index contributed by atoms with van der Waals surface area (Å²) in [5.41, 5.74) is 1.25. The molecule has 4 atom stereocenters. The first-order valence-electron chi connectivity index (χ1n) is 24.1. The third-order valence-corrected chi connectivity index (χ3v) is 12.1. The van der Waals surface area contributed by atoms with Crippen molar-refractivity contribution in [1.29, 1.82) is 0 Å². The van der Waals surface area contributed by atoms with Crippen LogP contribution in [0.1, 0.15) is 94.3 Å². The second-order valence-corrected chi connectivity index (χ2v) is 20.7. The third kappa shape index (κ3) is 19.3. The minimum Gasteiger partial charge on any atom is -0.748 e. The van der Waals surface area contributed by atoms with Gasteiger partial charge in [-0.2, -0.15) is 0 Å². The number of hydrogen-bond acceptors (Lipinski definition) is 13. The second kappa shape index (κ2) is 27.1. The van der Waals surface area contributed by atoms with Gasteiger partial charge < -0.3 is 39.2 Å². The molecular formula is C52H71N5O13S. The van der Waals surface area contributed by atoms with E-state index in [4.69, 9.17) is 27.2 Å². The Labute approximate surface area is 417 Å². The van der Waals surface area contributed by atoms with Crippen LogP contribution in [0.5, 0.6) is 5.75 Å². The van der Waals surface area contributed by atoms with E-state index in [0.29, 0.717) is 63.3 Å². The number of ether oxygens (including phenoxy) is 3. The van der Waals surface area contributed by atoms with Gasteiger partial charge in [-0.3, -0.25) is 38.5 Å². The normalized spacial score (nSPS) is 17.3. The molecule has 3 N–H and O–H groups in total. The molecule has 2 heterocycles. The molecule has 0 bridgehead atoms. The van der Waals surface area contributed by atoms with E-state index in [1.807, 2.05) is 74.5 Å². The highest BCUT2D eigenvalue weighted by Crippen LogP contribution is 2.31. The van der Waals surface area contributed by atoms with Gasteiger partial charge in [-0.05, 0) is 73.8 Å². The number of aryl methyl sites for hydroxylation is 1. The van der Waals surface area contributed by atoms with Crippen molar-refractivity contribution in [2.45, 2.75) is 110 Å². The average Bonchev–Trinajstić information content (AvgIpc) is 4.08. The second-order valence-electron chi connectivity index (χ2n) is 19.3. The van der Waals surface area contributed by atoms with E-state index in [2.05, 4.69) is 29.8 Å². The van der Waals surface area contributed by atoms with Gasteiger partial charge in [-0.15, -0.1) is 0 Å². The monoisotopic (exact) mass is 1010 g/mol. The highest BCUT2D eigenvalue weighted by molar-refractivity contribution is 7.84. The summed E-state index contributed by atoms with van der Waals surface area (Å²) in [5, 5.41) is 8.83. The number of quaternary nitrogens is 1. The fraction of sp³-hybridized carbons (Fsp3) is 0.519. The average molecular weight is 1010 g/mol. The van der Waals surface area contributed by atoms with Crippen molar-refractivity contribution in [3.05, 3.63) is 101 Å². The lowest BCUT2D eigenvalue weighted by molar-refractivity contribution is -0.940. The number of rotatable bonds is 24. The number of morpholine rings is 1. The van der Waals surface area contributed by atoms with Crippen molar-refractivity contribution < 1.29 is 65.2 Å². The molecule has 2 aliphatic heterocycles. The van der Waals surface area contributed by atoms with Crippen molar-refractivity contribution in [1.82, 2.24) is 20.9 Å². The molecule has 5 rings (SSSR count). The summed E-state index contributed by atoms with van der Waals surface area (Å²) < 4.78 is 44.1. The van der Waals surface area contributed by atoms with Gasteiger partial charge in [-0.1, -0.05) is 95.3 Å². The van der Waals surface area contributed by atoms with E-state index >= 15 is 4.79 Å². The lowest BCUT2D eigenvalue weighted by Gasteiger charge is -2.42. The molecule has 19 heteroatoms. The molecule has 0 unspecified atom stereocenters. The maximum atomic E-state index is 15.1. The zero-order valence-electron chi connectivity index (χ0n) is 42.0. The van der Waals surface area contributed by atoms with Crippen LogP contribution in [0, 0.1) is 11.8 Å². The van der Waals surface area contributed by atoms with Gasteiger partial charge >= 0.3 is 5.97 Å². The number of nitrogens with zero attached hydrogens (tertiary/aromatic N) is 2. The van der Waals surface area contributed by atoms with Gasteiger partial charge in [-0.25, -0.2) is 8.42 Å². The van der Waals surface area contributed by atoms with Gasteiger partial charge in [0.25, 0.3) is 11.8 Å². The van der Waals surface area contributed by atoms with Gasteiger partial charge in [0.1, 0.15) is 43.5 Å². The Morgan fingerprint density at radius 1 is 0.831 bits per heavy atom. The van der Waals surface area contributed by atoms with Crippen LogP contribution in [-0.4, -0.2) is 140 Å². The molecule has 3 aromatic carbocycles.